The van der Waals surface area contributed by atoms with E-state index in [4.69, 9.17) is 27.9 Å². The zero-order valence-electron chi connectivity index (χ0n) is 13.4. The fourth-order valence-electron chi connectivity index (χ4n) is 3.08. The molecule has 1 aliphatic heterocycles. The maximum atomic E-state index is 6.33. The molecule has 1 aliphatic rings. The summed E-state index contributed by atoms with van der Waals surface area (Å²) in [6.07, 6.45) is 1.87. The van der Waals surface area contributed by atoms with Gasteiger partial charge in [0.2, 0.25) is 0 Å². The lowest BCUT2D eigenvalue weighted by atomic mass is 9.89. The van der Waals surface area contributed by atoms with Crippen LogP contribution in [0.15, 0.2) is 42.5 Å². The third-order valence-electron chi connectivity index (χ3n) is 4.13. The second-order valence-corrected chi connectivity index (χ2v) is 7.46. The van der Waals surface area contributed by atoms with Gasteiger partial charge in [0.05, 0.1) is 5.02 Å². The topological polar surface area (TPSA) is 21.3 Å². The predicted molar refractivity (Wildman–Crippen MR) is 96.7 cm³/mol. The molecule has 0 fully saturated rings. The summed E-state index contributed by atoms with van der Waals surface area (Å²) in [7, 11) is 0. The van der Waals surface area contributed by atoms with Crippen molar-refractivity contribution in [1.29, 1.82) is 0 Å². The Kier molecular flexibility index (Phi) is 4.86. The van der Waals surface area contributed by atoms with Crippen molar-refractivity contribution in [3.05, 3.63) is 63.6 Å². The lowest BCUT2D eigenvalue weighted by Gasteiger charge is -2.38. The highest BCUT2D eigenvalue weighted by Crippen LogP contribution is 2.44. The van der Waals surface area contributed by atoms with Crippen LogP contribution >= 0.6 is 23.2 Å². The standard InChI is InChI=1S/C19H21Cl2NO/c1-19(2)12-17(22-9-8-13-6-4-3-5-7-13)15-10-14(20)11-16(21)18(15)23-19/h3-7,10-11,17,22H,8-9,12H2,1-2H3. The lowest BCUT2D eigenvalue weighted by Crippen LogP contribution is -2.40. The van der Waals surface area contributed by atoms with Gasteiger partial charge in [0.15, 0.2) is 0 Å². The summed E-state index contributed by atoms with van der Waals surface area (Å²) < 4.78 is 6.07. The molecule has 1 atom stereocenters. The number of nitrogens with one attached hydrogen (secondary N) is 1. The summed E-state index contributed by atoms with van der Waals surface area (Å²) in [5.74, 6) is 0.754. The molecule has 0 saturated heterocycles. The summed E-state index contributed by atoms with van der Waals surface area (Å²) in [4.78, 5) is 0. The molecule has 2 aromatic carbocycles. The molecule has 0 radical (unpaired) electrons. The van der Waals surface area contributed by atoms with Gasteiger partial charge in [-0.05, 0) is 44.5 Å². The SMILES string of the molecule is CC1(C)CC(NCCc2ccccc2)c2cc(Cl)cc(Cl)c2O1. The number of benzene rings is 2. The molecule has 2 nitrogen and oxygen atoms in total. The van der Waals surface area contributed by atoms with Gasteiger partial charge in [0.1, 0.15) is 11.4 Å². The van der Waals surface area contributed by atoms with E-state index >= 15 is 0 Å². The Morgan fingerprint density at radius 2 is 1.91 bits per heavy atom. The monoisotopic (exact) mass is 349 g/mol. The van der Waals surface area contributed by atoms with Crippen molar-refractivity contribution >= 4 is 23.2 Å². The van der Waals surface area contributed by atoms with Crippen molar-refractivity contribution in [2.45, 2.75) is 38.3 Å². The molecule has 0 amide bonds. The van der Waals surface area contributed by atoms with Crippen LogP contribution in [0, 0.1) is 0 Å². The number of ether oxygens (including phenoxy) is 1. The summed E-state index contributed by atoms with van der Waals surface area (Å²) in [5.41, 5.74) is 2.13. The first kappa shape index (κ1) is 16.6. The Morgan fingerprint density at radius 3 is 2.65 bits per heavy atom. The van der Waals surface area contributed by atoms with Gasteiger partial charge in [-0.3, -0.25) is 0 Å². The Labute approximate surface area is 147 Å². The van der Waals surface area contributed by atoms with Crippen molar-refractivity contribution in [1.82, 2.24) is 5.32 Å². The second kappa shape index (κ2) is 6.72. The highest BCUT2D eigenvalue weighted by molar-refractivity contribution is 6.35. The van der Waals surface area contributed by atoms with E-state index < -0.39 is 0 Å². The van der Waals surface area contributed by atoms with Crippen molar-refractivity contribution < 1.29 is 4.74 Å². The van der Waals surface area contributed by atoms with Crippen molar-refractivity contribution in [3.63, 3.8) is 0 Å². The molecule has 1 N–H and O–H groups in total. The van der Waals surface area contributed by atoms with Gasteiger partial charge in [-0.25, -0.2) is 0 Å². The lowest BCUT2D eigenvalue weighted by molar-refractivity contribution is 0.0663. The first-order valence-electron chi connectivity index (χ1n) is 7.90. The third-order valence-corrected chi connectivity index (χ3v) is 4.63. The van der Waals surface area contributed by atoms with Crippen LogP contribution in [0.25, 0.3) is 0 Å². The van der Waals surface area contributed by atoms with E-state index in [0.29, 0.717) is 10.0 Å². The minimum Gasteiger partial charge on any atom is -0.486 e. The van der Waals surface area contributed by atoms with Crippen LogP contribution in [0.2, 0.25) is 10.0 Å². The van der Waals surface area contributed by atoms with Crippen molar-refractivity contribution in [2.24, 2.45) is 0 Å². The molecule has 4 heteroatoms. The van der Waals surface area contributed by atoms with Gasteiger partial charge < -0.3 is 10.1 Å². The quantitative estimate of drug-likeness (QED) is 0.794. The first-order valence-corrected chi connectivity index (χ1v) is 8.65. The minimum absolute atomic E-state index is 0.189. The molecule has 0 aliphatic carbocycles. The van der Waals surface area contributed by atoms with Crippen molar-refractivity contribution in [2.75, 3.05) is 6.54 Å². The van der Waals surface area contributed by atoms with Crippen LogP contribution in [-0.4, -0.2) is 12.1 Å². The highest BCUT2D eigenvalue weighted by Gasteiger charge is 2.35. The molecular weight excluding hydrogens is 329 g/mol. The zero-order chi connectivity index (χ0) is 16.4. The van der Waals surface area contributed by atoms with Crippen LogP contribution in [0.3, 0.4) is 0 Å². The van der Waals surface area contributed by atoms with Gasteiger partial charge in [-0.1, -0.05) is 53.5 Å². The Bertz CT molecular complexity index is 685. The summed E-state index contributed by atoms with van der Waals surface area (Å²) >= 11 is 12.5. The van der Waals surface area contributed by atoms with Gasteiger partial charge in [0.25, 0.3) is 0 Å². The van der Waals surface area contributed by atoms with E-state index in [1.165, 1.54) is 5.56 Å². The van der Waals surface area contributed by atoms with E-state index in [2.05, 4.69) is 43.4 Å². The largest absolute Gasteiger partial charge is 0.486 e. The van der Waals surface area contributed by atoms with Gasteiger partial charge in [0, 0.05) is 23.0 Å². The van der Waals surface area contributed by atoms with E-state index in [0.717, 1.165) is 30.7 Å². The first-order chi connectivity index (χ1) is 10.9. The maximum Gasteiger partial charge on any atom is 0.143 e. The number of hydrogen-bond donors (Lipinski definition) is 1. The molecule has 2 aromatic rings. The van der Waals surface area contributed by atoms with Gasteiger partial charge in [-0.15, -0.1) is 0 Å². The Hall–Kier alpha value is -1.22. The molecule has 3 rings (SSSR count). The summed E-state index contributed by atoms with van der Waals surface area (Å²) in [5, 5.41) is 4.86. The van der Waals surface area contributed by atoms with Crippen LogP contribution in [0.4, 0.5) is 0 Å². The Morgan fingerprint density at radius 1 is 1.17 bits per heavy atom. The number of hydrogen-bond acceptors (Lipinski definition) is 2. The number of halogens is 2. The molecule has 0 aromatic heterocycles. The molecule has 0 bridgehead atoms. The van der Waals surface area contributed by atoms with E-state index in [1.807, 2.05) is 12.1 Å². The molecule has 23 heavy (non-hydrogen) atoms. The Balaban J connectivity index is 1.77. The molecule has 0 spiro atoms. The smallest absolute Gasteiger partial charge is 0.143 e. The highest BCUT2D eigenvalue weighted by atomic mass is 35.5. The van der Waals surface area contributed by atoms with Crippen molar-refractivity contribution in [3.8, 4) is 5.75 Å². The fourth-order valence-corrected chi connectivity index (χ4v) is 3.63. The molecule has 122 valence electrons. The average Bonchev–Trinajstić information content (AvgIpc) is 2.49. The third kappa shape index (κ3) is 4.00. The fraction of sp³-hybridized carbons (Fsp3) is 0.368. The maximum absolute atomic E-state index is 6.33. The van der Waals surface area contributed by atoms with E-state index in [9.17, 15) is 0 Å². The van der Waals surface area contributed by atoms with Crippen LogP contribution < -0.4 is 10.1 Å². The van der Waals surface area contributed by atoms with E-state index in [-0.39, 0.29) is 11.6 Å². The molecular formula is C19H21Cl2NO. The average molecular weight is 350 g/mol. The number of rotatable bonds is 4. The predicted octanol–water partition coefficient (Wildman–Crippen LogP) is 5.43. The van der Waals surface area contributed by atoms with E-state index in [1.54, 1.807) is 6.07 Å². The van der Waals surface area contributed by atoms with Crippen LogP contribution in [-0.2, 0) is 6.42 Å². The summed E-state index contributed by atoms with van der Waals surface area (Å²) in [6.45, 7) is 5.08. The van der Waals surface area contributed by atoms with Crippen LogP contribution in [0.5, 0.6) is 5.75 Å². The molecule has 1 heterocycles. The van der Waals surface area contributed by atoms with Gasteiger partial charge >= 0.3 is 0 Å². The summed E-state index contributed by atoms with van der Waals surface area (Å²) in [6, 6.07) is 14.4. The molecule has 0 saturated carbocycles. The minimum atomic E-state index is -0.255. The van der Waals surface area contributed by atoms with Gasteiger partial charge in [-0.2, -0.15) is 0 Å². The normalized spacial score (nSPS) is 19.0. The number of fused-ring (bicyclic) bond motifs is 1. The van der Waals surface area contributed by atoms with Crippen LogP contribution in [0.1, 0.15) is 37.4 Å². The molecule has 1 unspecified atom stereocenters. The zero-order valence-corrected chi connectivity index (χ0v) is 14.9. The second-order valence-electron chi connectivity index (χ2n) is 6.61.